The molecule has 0 bridgehead atoms. The van der Waals surface area contributed by atoms with Crippen molar-refractivity contribution in [2.75, 3.05) is 12.8 Å². The SMILES string of the molecule is COC(=O)CC(NC(=O)c1cccc(N)c1)c1cccs1. The van der Waals surface area contributed by atoms with Gasteiger partial charge >= 0.3 is 5.97 Å². The molecule has 5 nitrogen and oxygen atoms in total. The van der Waals surface area contributed by atoms with Crippen LogP contribution in [0.15, 0.2) is 41.8 Å². The molecule has 0 radical (unpaired) electrons. The third kappa shape index (κ3) is 4.06. The van der Waals surface area contributed by atoms with E-state index in [4.69, 9.17) is 5.73 Å². The first-order chi connectivity index (χ1) is 10.1. The number of nitrogens with two attached hydrogens (primary N) is 1. The Morgan fingerprint density at radius 3 is 2.76 bits per heavy atom. The zero-order chi connectivity index (χ0) is 15.2. The van der Waals surface area contributed by atoms with Crippen molar-refractivity contribution >= 4 is 28.9 Å². The van der Waals surface area contributed by atoms with E-state index in [9.17, 15) is 9.59 Å². The lowest BCUT2D eigenvalue weighted by atomic mass is 10.1. The summed E-state index contributed by atoms with van der Waals surface area (Å²) in [6, 6.07) is 10.0. The third-order valence-electron chi connectivity index (χ3n) is 2.94. The van der Waals surface area contributed by atoms with Crippen molar-refractivity contribution in [1.29, 1.82) is 0 Å². The molecule has 1 heterocycles. The molecule has 0 aliphatic carbocycles. The highest BCUT2D eigenvalue weighted by atomic mass is 32.1. The fraction of sp³-hybridized carbons (Fsp3) is 0.200. The summed E-state index contributed by atoms with van der Waals surface area (Å²) in [7, 11) is 1.33. The molecular weight excluding hydrogens is 288 g/mol. The van der Waals surface area contributed by atoms with Crippen molar-refractivity contribution in [3.63, 3.8) is 0 Å². The average Bonchev–Trinajstić information content (AvgIpc) is 3.00. The predicted molar refractivity (Wildman–Crippen MR) is 82.0 cm³/mol. The Labute approximate surface area is 126 Å². The van der Waals surface area contributed by atoms with E-state index in [2.05, 4.69) is 10.1 Å². The maximum Gasteiger partial charge on any atom is 0.307 e. The summed E-state index contributed by atoms with van der Waals surface area (Å²) in [5.74, 6) is -0.647. The lowest BCUT2D eigenvalue weighted by Gasteiger charge is -2.16. The molecule has 0 aliphatic heterocycles. The van der Waals surface area contributed by atoms with Gasteiger partial charge in [0.25, 0.3) is 5.91 Å². The number of thiophene rings is 1. The molecule has 110 valence electrons. The first kappa shape index (κ1) is 15.1. The average molecular weight is 304 g/mol. The smallest absolute Gasteiger partial charge is 0.307 e. The van der Waals surface area contributed by atoms with Gasteiger partial charge in [-0.05, 0) is 29.6 Å². The van der Waals surface area contributed by atoms with Crippen LogP contribution in [0.1, 0.15) is 27.7 Å². The monoisotopic (exact) mass is 304 g/mol. The largest absolute Gasteiger partial charge is 0.469 e. The van der Waals surface area contributed by atoms with E-state index in [-0.39, 0.29) is 18.3 Å². The van der Waals surface area contributed by atoms with Crippen LogP contribution in [0, 0.1) is 0 Å². The quantitative estimate of drug-likeness (QED) is 0.656. The van der Waals surface area contributed by atoms with E-state index in [1.165, 1.54) is 18.4 Å². The topological polar surface area (TPSA) is 81.4 Å². The highest BCUT2D eigenvalue weighted by Crippen LogP contribution is 2.23. The van der Waals surface area contributed by atoms with Crippen molar-refractivity contribution in [3.05, 3.63) is 52.2 Å². The van der Waals surface area contributed by atoms with Gasteiger partial charge in [0.05, 0.1) is 19.6 Å². The summed E-state index contributed by atoms with van der Waals surface area (Å²) >= 11 is 1.48. The summed E-state index contributed by atoms with van der Waals surface area (Å²) in [6.07, 6.45) is 0.0884. The Kier molecular flexibility index (Phi) is 4.94. The minimum Gasteiger partial charge on any atom is -0.469 e. The number of ether oxygens (including phenoxy) is 1. The van der Waals surface area contributed by atoms with Gasteiger partial charge in [-0.25, -0.2) is 0 Å². The first-order valence-electron chi connectivity index (χ1n) is 6.36. The zero-order valence-electron chi connectivity index (χ0n) is 11.5. The van der Waals surface area contributed by atoms with Crippen LogP contribution in [0.25, 0.3) is 0 Å². The third-order valence-corrected chi connectivity index (χ3v) is 3.93. The molecule has 2 aromatic rings. The molecule has 0 saturated heterocycles. The molecule has 1 aromatic heterocycles. The van der Waals surface area contributed by atoms with Crippen LogP contribution in [0.5, 0.6) is 0 Å². The lowest BCUT2D eigenvalue weighted by Crippen LogP contribution is -2.30. The Bertz CT molecular complexity index is 626. The Balaban J connectivity index is 2.15. The van der Waals surface area contributed by atoms with Crippen molar-refractivity contribution in [1.82, 2.24) is 5.32 Å². The second kappa shape index (κ2) is 6.90. The number of rotatable bonds is 5. The highest BCUT2D eigenvalue weighted by molar-refractivity contribution is 7.10. The molecule has 1 aromatic carbocycles. The fourth-order valence-corrected chi connectivity index (χ4v) is 2.66. The van der Waals surface area contributed by atoms with Gasteiger partial charge in [-0.3, -0.25) is 9.59 Å². The Morgan fingerprint density at radius 2 is 2.14 bits per heavy atom. The molecule has 1 unspecified atom stereocenters. The van der Waals surface area contributed by atoms with E-state index in [0.29, 0.717) is 11.3 Å². The van der Waals surface area contributed by atoms with Crippen molar-refractivity contribution < 1.29 is 14.3 Å². The summed E-state index contributed by atoms with van der Waals surface area (Å²) in [6.45, 7) is 0. The first-order valence-corrected chi connectivity index (χ1v) is 7.24. The lowest BCUT2D eigenvalue weighted by molar-refractivity contribution is -0.141. The minimum absolute atomic E-state index is 0.0884. The number of hydrogen-bond donors (Lipinski definition) is 2. The van der Waals surface area contributed by atoms with Crippen molar-refractivity contribution in [3.8, 4) is 0 Å². The number of methoxy groups -OCH3 is 1. The van der Waals surface area contributed by atoms with E-state index in [1.807, 2.05) is 17.5 Å². The van der Waals surface area contributed by atoms with Gasteiger partial charge < -0.3 is 15.8 Å². The van der Waals surface area contributed by atoms with E-state index < -0.39 is 6.04 Å². The van der Waals surface area contributed by atoms with Crippen LogP contribution < -0.4 is 11.1 Å². The highest BCUT2D eigenvalue weighted by Gasteiger charge is 2.20. The molecule has 0 fully saturated rings. The summed E-state index contributed by atoms with van der Waals surface area (Å²) < 4.78 is 4.68. The van der Waals surface area contributed by atoms with Crippen molar-refractivity contribution in [2.45, 2.75) is 12.5 Å². The maximum atomic E-state index is 12.3. The fourth-order valence-electron chi connectivity index (χ4n) is 1.88. The second-order valence-electron chi connectivity index (χ2n) is 4.45. The van der Waals surface area contributed by atoms with Gasteiger partial charge in [0.15, 0.2) is 0 Å². The Hall–Kier alpha value is -2.34. The summed E-state index contributed by atoms with van der Waals surface area (Å²) in [5, 5.41) is 4.74. The number of amides is 1. The van der Waals surface area contributed by atoms with Crippen LogP contribution in [0.4, 0.5) is 5.69 Å². The number of nitrogens with one attached hydrogen (secondary N) is 1. The molecule has 1 atom stereocenters. The standard InChI is InChI=1S/C15H16N2O3S/c1-20-14(18)9-12(13-6-3-7-21-13)17-15(19)10-4-2-5-11(16)8-10/h2-8,12H,9,16H2,1H3,(H,17,19). The van der Waals surface area contributed by atoms with E-state index >= 15 is 0 Å². The minimum atomic E-state index is -0.411. The normalized spacial score (nSPS) is 11.7. The second-order valence-corrected chi connectivity index (χ2v) is 5.43. The van der Waals surface area contributed by atoms with Gasteiger partial charge in [-0.2, -0.15) is 0 Å². The van der Waals surface area contributed by atoms with Crippen LogP contribution in [0.3, 0.4) is 0 Å². The summed E-state index contributed by atoms with van der Waals surface area (Å²) in [5.41, 5.74) is 6.65. The number of benzene rings is 1. The van der Waals surface area contributed by atoms with Gasteiger partial charge in [-0.15, -0.1) is 11.3 Å². The van der Waals surface area contributed by atoms with Crippen LogP contribution in [0.2, 0.25) is 0 Å². The van der Waals surface area contributed by atoms with E-state index in [1.54, 1.807) is 24.3 Å². The molecule has 21 heavy (non-hydrogen) atoms. The van der Waals surface area contributed by atoms with E-state index in [0.717, 1.165) is 4.88 Å². The molecule has 3 N–H and O–H groups in total. The summed E-state index contributed by atoms with van der Waals surface area (Å²) in [4.78, 5) is 24.7. The number of hydrogen-bond acceptors (Lipinski definition) is 5. The zero-order valence-corrected chi connectivity index (χ0v) is 12.4. The predicted octanol–water partition coefficient (Wildman–Crippen LogP) is 2.36. The molecule has 6 heteroatoms. The Morgan fingerprint density at radius 1 is 1.33 bits per heavy atom. The molecular formula is C15H16N2O3S. The van der Waals surface area contributed by atoms with Gasteiger partial charge in [0.2, 0.25) is 0 Å². The van der Waals surface area contributed by atoms with Gasteiger partial charge in [0.1, 0.15) is 0 Å². The molecule has 0 spiro atoms. The number of esters is 1. The van der Waals surface area contributed by atoms with Crippen LogP contribution in [-0.2, 0) is 9.53 Å². The number of carbonyl (C=O) groups excluding carboxylic acids is 2. The maximum absolute atomic E-state index is 12.3. The van der Waals surface area contributed by atoms with Crippen LogP contribution >= 0.6 is 11.3 Å². The number of anilines is 1. The molecule has 0 aliphatic rings. The molecule has 2 rings (SSSR count). The molecule has 1 amide bonds. The van der Waals surface area contributed by atoms with Crippen molar-refractivity contribution in [2.24, 2.45) is 0 Å². The van der Waals surface area contributed by atoms with Crippen LogP contribution in [-0.4, -0.2) is 19.0 Å². The number of nitrogen functional groups attached to an aromatic ring is 1. The van der Waals surface area contributed by atoms with Gasteiger partial charge in [0, 0.05) is 16.1 Å². The molecule has 0 saturated carbocycles. The number of carbonyl (C=O) groups is 2. The van der Waals surface area contributed by atoms with Gasteiger partial charge in [-0.1, -0.05) is 12.1 Å².